The van der Waals surface area contributed by atoms with Crippen molar-refractivity contribution >= 4 is 35.8 Å². The standard InChI is InChI=1S/C41H74N2O12/c1-12-16-20-52-33(44)30(5)24-40(8,37(48)54-22-18-14-3)29-41(9,38(49)55-23-19-15-4)26-32(35(46)53-21-17-13-2)28-43-42-27-31(34(45)50-10)25-39(6,7)36(47)51-11/h30-32,42-43H,12-29H2,1-11H3. The van der Waals surface area contributed by atoms with Gasteiger partial charge < -0.3 is 28.4 Å². The topological polar surface area (TPSA) is 182 Å². The second-order valence-corrected chi connectivity index (χ2v) is 15.9. The van der Waals surface area contributed by atoms with Crippen LogP contribution in [0.2, 0.25) is 0 Å². The lowest BCUT2D eigenvalue weighted by molar-refractivity contribution is -0.168. The van der Waals surface area contributed by atoms with E-state index in [1.165, 1.54) is 14.2 Å². The number of hydrazine groups is 1. The van der Waals surface area contributed by atoms with Crippen LogP contribution in [0.5, 0.6) is 0 Å². The minimum atomic E-state index is -1.41. The highest BCUT2D eigenvalue weighted by Gasteiger charge is 2.49. The van der Waals surface area contributed by atoms with E-state index in [1.807, 2.05) is 27.7 Å². The molecular weight excluding hydrogens is 712 g/mol. The predicted octanol–water partition coefficient (Wildman–Crippen LogP) is 6.27. The van der Waals surface area contributed by atoms with Crippen molar-refractivity contribution in [1.29, 1.82) is 0 Å². The van der Waals surface area contributed by atoms with E-state index in [4.69, 9.17) is 28.4 Å². The fourth-order valence-corrected chi connectivity index (χ4v) is 6.49. The van der Waals surface area contributed by atoms with Gasteiger partial charge in [0, 0.05) is 13.1 Å². The van der Waals surface area contributed by atoms with Crippen molar-refractivity contribution in [3.63, 3.8) is 0 Å². The third kappa shape index (κ3) is 19.4. The van der Waals surface area contributed by atoms with Gasteiger partial charge in [-0.15, -0.1) is 0 Å². The van der Waals surface area contributed by atoms with Crippen molar-refractivity contribution in [2.24, 2.45) is 34.0 Å². The molecule has 0 spiro atoms. The molecule has 0 rings (SSSR count). The monoisotopic (exact) mass is 787 g/mol. The lowest BCUT2D eigenvalue weighted by Crippen LogP contribution is -2.47. The minimum absolute atomic E-state index is 0.0190. The van der Waals surface area contributed by atoms with Gasteiger partial charge in [0.25, 0.3) is 0 Å². The molecule has 0 heterocycles. The predicted molar refractivity (Wildman–Crippen MR) is 208 cm³/mol. The highest BCUT2D eigenvalue weighted by atomic mass is 16.6. The molecule has 0 aliphatic carbocycles. The van der Waals surface area contributed by atoms with E-state index in [2.05, 4.69) is 10.9 Å². The van der Waals surface area contributed by atoms with Crippen LogP contribution in [0.15, 0.2) is 0 Å². The van der Waals surface area contributed by atoms with Gasteiger partial charge in [-0.3, -0.25) is 39.6 Å². The Balaban J connectivity index is 6.68. The summed E-state index contributed by atoms with van der Waals surface area (Å²) in [6, 6.07) is 0. The molecule has 2 N–H and O–H groups in total. The quantitative estimate of drug-likeness (QED) is 0.0347. The van der Waals surface area contributed by atoms with Crippen LogP contribution >= 0.6 is 0 Å². The van der Waals surface area contributed by atoms with Crippen LogP contribution in [0, 0.1) is 34.0 Å². The summed E-state index contributed by atoms with van der Waals surface area (Å²) in [5.74, 6) is -5.46. The lowest BCUT2D eigenvalue weighted by Gasteiger charge is -2.39. The molecule has 14 heteroatoms. The summed E-state index contributed by atoms with van der Waals surface area (Å²) >= 11 is 0. The molecule has 0 bridgehead atoms. The first kappa shape index (κ1) is 51.7. The second kappa shape index (κ2) is 27.4. The maximum absolute atomic E-state index is 14.1. The smallest absolute Gasteiger partial charge is 0.311 e. The van der Waals surface area contributed by atoms with Crippen LogP contribution < -0.4 is 10.9 Å². The molecule has 0 aromatic rings. The van der Waals surface area contributed by atoms with Gasteiger partial charge in [0.15, 0.2) is 0 Å². The molecule has 320 valence electrons. The molecule has 55 heavy (non-hydrogen) atoms. The van der Waals surface area contributed by atoms with Crippen molar-refractivity contribution in [1.82, 2.24) is 10.9 Å². The Morgan fingerprint density at radius 1 is 0.509 bits per heavy atom. The van der Waals surface area contributed by atoms with Crippen LogP contribution in [0.4, 0.5) is 0 Å². The number of hydrogen-bond acceptors (Lipinski definition) is 14. The van der Waals surface area contributed by atoms with Crippen molar-refractivity contribution in [2.75, 3.05) is 53.7 Å². The van der Waals surface area contributed by atoms with E-state index < -0.39 is 69.8 Å². The number of methoxy groups -OCH3 is 2. The molecule has 0 saturated carbocycles. The molecule has 0 radical (unpaired) electrons. The summed E-state index contributed by atoms with van der Waals surface area (Å²) in [5.41, 5.74) is 2.29. The molecule has 5 atom stereocenters. The van der Waals surface area contributed by atoms with Gasteiger partial charge in [-0.25, -0.2) is 0 Å². The number of carbonyl (C=O) groups excluding carboxylic acids is 6. The highest BCUT2D eigenvalue weighted by molar-refractivity contribution is 5.83. The number of carbonyl (C=O) groups is 6. The van der Waals surface area contributed by atoms with Gasteiger partial charge in [0.2, 0.25) is 0 Å². The zero-order chi connectivity index (χ0) is 42.1. The average molecular weight is 787 g/mol. The molecule has 5 unspecified atom stereocenters. The fraction of sp³-hybridized carbons (Fsp3) is 0.854. The Morgan fingerprint density at radius 2 is 0.909 bits per heavy atom. The molecular formula is C41H74N2O12. The maximum atomic E-state index is 14.1. The van der Waals surface area contributed by atoms with Crippen molar-refractivity contribution in [2.45, 2.75) is 139 Å². The Kier molecular flexibility index (Phi) is 25.7. The van der Waals surface area contributed by atoms with Crippen molar-refractivity contribution in [3.8, 4) is 0 Å². The van der Waals surface area contributed by atoms with Gasteiger partial charge in [-0.05, 0) is 79.1 Å². The zero-order valence-electron chi connectivity index (χ0n) is 35.9. The zero-order valence-corrected chi connectivity index (χ0v) is 35.9. The van der Waals surface area contributed by atoms with Crippen molar-refractivity contribution in [3.05, 3.63) is 0 Å². The first-order valence-electron chi connectivity index (χ1n) is 20.2. The number of hydrogen-bond donors (Lipinski definition) is 2. The summed E-state index contributed by atoms with van der Waals surface area (Å²) < 4.78 is 32.5. The number of nitrogens with one attached hydrogen (secondary N) is 2. The normalized spacial score (nSPS) is 15.3. The number of unbranched alkanes of at least 4 members (excludes halogenated alkanes) is 4. The number of ether oxygens (including phenoxy) is 6. The maximum Gasteiger partial charge on any atom is 0.311 e. The molecule has 0 aliphatic rings. The number of rotatable bonds is 31. The fourth-order valence-electron chi connectivity index (χ4n) is 6.49. The van der Waals surface area contributed by atoms with Crippen LogP contribution in [0.25, 0.3) is 0 Å². The molecule has 0 amide bonds. The minimum Gasteiger partial charge on any atom is -0.469 e. The molecule has 0 saturated heterocycles. The van der Waals surface area contributed by atoms with Crippen LogP contribution in [-0.4, -0.2) is 89.6 Å². The Morgan fingerprint density at radius 3 is 1.33 bits per heavy atom. The van der Waals surface area contributed by atoms with Gasteiger partial charge in [0.05, 0.1) is 74.6 Å². The number of esters is 6. The third-order valence-corrected chi connectivity index (χ3v) is 9.75. The van der Waals surface area contributed by atoms with Crippen LogP contribution in [-0.2, 0) is 57.2 Å². The average Bonchev–Trinajstić information content (AvgIpc) is 3.14. The van der Waals surface area contributed by atoms with E-state index in [9.17, 15) is 28.8 Å². The highest BCUT2D eigenvalue weighted by Crippen LogP contribution is 2.44. The summed E-state index contributed by atoms with van der Waals surface area (Å²) in [4.78, 5) is 79.8. The molecule has 14 nitrogen and oxygen atoms in total. The lowest BCUT2D eigenvalue weighted by atomic mass is 9.66. The van der Waals surface area contributed by atoms with Gasteiger partial charge >= 0.3 is 35.8 Å². The van der Waals surface area contributed by atoms with Gasteiger partial charge in [-0.1, -0.05) is 60.3 Å². The largest absolute Gasteiger partial charge is 0.469 e. The van der Waals surface area contributed by atoms with E-state index in [0.717, 1.165) is 25.7 Å². The van der Waals surface area contributed by atoms with E-state index in [1.54, 1.807) is 34.6 Å². The van der Waals surface area contributed by atoms with Crippen molar-refractivity contribution < 1.29 is 57.2 Å². The summed E-state index contributed by atoms with van der Waals surface area (Å²) in [6.07, 6.45) is 5.89. The Labute approximate surface area is 330 Å². The van der Waals surface area contributed by atoms with Crippen LogP contribution in [0.3, 0.4) is 0 Å². The molecule has 0 aliphatic heterocycles. The van der Waals surface area contributed by atoms with Gasteiger partial charge in [0.1, 0.15) is 0 Å². The van der Waals surface area contributed by atoms with E-state index in [0.29, 0.717) is 25.7 Å². The SMILES string of the molecule is CCCCOC(=O)C(C)CC(C)(CC(C)(CC(CNNCC(CC(C)(C)C(=O)OC)C(=O)OC)C(=O)OCCCC)C(=O)OCCCC)C(=O)OCCCC. The summed E-state index contributed by atoms with van der Waals surface area (Å²) in [5, 5.41) is 0. The van der Waals surface area contributed by atoms with Gasteiger partial charge in [-0.2, -0.15) is 0 Å². The summed E-state index contributed by atoms with van der Waals surface area (Å²) in [7, 11) is 2.55. The Bertz CT molecular complexity index is 1180. The Hall–Kier alpha value is -3.26. The first-order valence-corrected chi connectivity index (χ1v) is 20.2. The second-order valence-electron chi connectivity index (χ2n) is 15.9. The summed E-state index contributed by atoms with van der Waals surface area (Å²) in [6.45, 7) is 17.1. The van der Waals surface area contributed by atoms with E-state index >= 15 is 0 Å². The van der Waals surface area contributed by atoms with E-state index in [-0.39, 0.29) is 65.2 Å². The first-order chi connectivity index (χ1) is 25.9. The molecule has 0 fully saturated rings. The molecule has 0 aromatic carbocycles. The van der Waals surface area contributed by atoms with Crippen LogP contribution in [0.1, 0.15) is 139 Å². The third-order valence-electron chi connectivity index (χ3n) is 9.75. The molecule has 0 aromatic heterocycles.